The SMILES string of the molecule is CCc1nc2c(n1Cc1ccc(-c3ccccc3-c3nnn[nH]3)cc1)CN(CCOC)CN2CCc1ccccc1. The molecule has 3 heterocycles. The van der Waals surface area contributed by atoms with Crippen LogP contribution in [0.2, 0.25) is 0 Å². The summed E-state index contributed by atoms with van der Waals surface area (Å²) in [4.78, 5) is 10.1. The molecule has 9 heteroatoms. The Bertz CT molecular complexity index is 1550. The molecule has 210 valence electrons. The summed E-state index contributed by atoms with van der Waals surface area (Å²) in [5, 5.41) is 14.5. The summed E-state index contributed by atoms with van der Waals surface area (Å²) in [5.74, 6) is 2.91. The lowest BCUT2D eigenvalue weighted by Crippen LogP contribution is -2.45. The largest absolute Gasteiger partial charge is 0.383 e. The van der Waals surface area contributed by atoms with E-state index >= 15 is 0 Å². The van der Waals surface area contributed by atoms with Gasteiger partial charge in [-0.2, -0.15) is 0 Å². The molecule has 6 rings (SSSR count). The number of rotatable bonds is 11. The van der Waals surface area contributed by atoms with Crippen molar-refractivity contribution in [3.05, 3.63) is 102 Å². The van der Waals surface area contributed by atoms with Gasteiger partial charge in [0, 0.05) is 45.3 Å². The lowest BCUT2D eigenvalue weighted by Gasteiger charge is -2.36. The maximum Gasteiger partial charge on any atom is 0.180 e. The van der Waals surface area contributed by atoms with E-state index < -0.39 is 0 Å². The number of nitrogens with zero attached hydrogens (tertiary/aromatic N) is 7. The Kier molecular flexibility index (Phi) is 8.16. The lowest BCUT2D eigenvalue weighted by atomic mass is 9.98. The van der Waals surface area contributed by atoms with E-state index in [1.165, 1.54) is 16.8 Å². The first kappa shape index (κ1) is 26.9. The molecule has 2 aromatic heterocycles. The van der Waals surface area contributed by atoms with Crippen molar-refractivity contribution < 1.29 is 4.74 Å². The normalized spacial score (nSPS) is 13.5. The number of aryl methyl sites for hydroxylation is 1. The van der Waals surface area contributed by atoms with Crippen LogP contribution < -0.4 is 4.90 Å². The van der Waals surface area contributed by atoms with Gasteiger partial charge in [0.05, 0.1) is 19.0 Å². The number of benzene rings is 3. The Morgan fingerprint density at radius 3 is 2.39 bits per heavy atom. The van der Waals surface area contributed by atoms with Crippen molar-refractivity contribution in [2.45, 2.75) is 32.9 Å². The van der Waals surface area contributed by atoms with Crippen molar-refractivity contribution in [2.75, 3.05) is 38.4 Å². The molecule has 0 bridgehead atoms. The second kappa shape index (κ2) is 12.4. The third-order valence-corrected chi connectivity index (χ3v) is 7.75. The minimum atomic E-state index is 0.664. The number of anilines is 1. The Balaban J connectivity index is 1.27. The van der Waals surface area contributed by atoms with Crippen molar-refractivity contribution in [3.63, 3.8) is 0 Å². The van der Waals surface area contributed by atoms with Gasteiger partial charge in [-0.05, 0) is 39.1 Å². The highest BCUT2D eigenvalue weighted by Gasteiger charge is 2.28. The molecule has 41 heavy (non-hydrogen) atoms. The molecule has 0 saturated heterocycles. The highest BCUT2D eigenvalue weighted by molar-refractivity contribution is 5.80. The van der Waals surface area contributed by atoms with Gasteiger partial charge in [0.25, 0.3) is 0 Å². The third-order valence-electron chi connectivity index (χ3n) is 7.75. The second-order valence-electron chi connectivity index (χ2n) is 10.4. The van der Waals surface area contributed by atoms with Crippen LogP contribution in [-0.2, 0) is 30.7 Å². The van der Waals surface area contributed by atoms with Crippen LogP contribution >= 0.6 is 0 Å². The van der Waals surface area contributed by atoms with E-state index in [1.807, 2.05) is 18.2 Å². The number of H-pyrrole nitrogens is 1. The number of hydrogen-bond acceptors (Lipinski definition) is 7. The smallest absolute Gasteiger partial charge is 0.180 e. The topological polar surface area (TPSA) is 88.0 Å². The number of hydrogen-bond donors (Lipinski definition) is 1. The summed E-state index contributed by atoms with van der Waals surface area (Å²) in [5.41, 5.74) is 7.07. The summed E-state index contributed by atoms with van der Waals surface area (Å²) in [6.07, 6.45) is 1.87. The van der Waals surface area contributed by atoms with Crippen LogP contribution in [0.4, 0.5) is 5.82 Å². The van der Waals surface area contributed by atoms with Gasteiger partial charge < -0.3 is 14.2 Å². The zero-order valence-corrected chi connectivity index (χ0v) is 23.7. The fourth-order valence-corrected chi connectivity index (χ4v) is 5.60. The molecule has 1 aliphatic rings. The molecule has 0 radical (unpaired) electrons. The minimum absolute atomic E-state index is 0.664. The second-order valence-corrected chi connectivity index (χ2v) is 10.4. The first-order valence-electron chi connectivity index (χ1n) is 14.2. The van der Waals surface area contributed by atoms with Crippen molar-refractivity contribution in [1.82, 2.24) is 35.1 Å². The summed E-state index contributed by atoms with van der Waals surface area (Å²) in [6.45, 7) is 7.23. The Morgan fingerprint density at radius 1 is 0.878 bits per heavy atom. The quantitative estimate of drug-likeness (QED) is 0.253. The average molecular weight is 549 g/mol. The lowest BCUT2D eigenvalue weighted by molar-refractivity contribution is 0.138. The van der Waals surface area contributed by atoms with Gasteiger partial charge in [0.2, 0.25) is 0 Å². The molecule has 0 aliphatic carbocycles. The van der Waals surface area contributed by atoms with Crippen molar-refractivity contribution in [1.29, 1.82) is 0 Å². The predicted molar refractivity (Wildman–Crippen MR) is 160 cm³/mol. The van der Waals surface area contributed by atoms with Crippen molar-refractivity contribution in [3.8, 4) is 22.5 Å². The molecule has 0 fully saturated rings. The number of nitrogens with one attached hydrogen (secondary N) is 1. The number of tetrazole rings is 1. The number of imidazole rings is 1. The molecule has 0 amide bonds. The Hall–Kier alpha value is -4.34. The average Bonchev–Trinajstić information content (AvgIpc) is 3.69. The van der Waals surface area contributed by atoms with Crippen molar-refractivity contribution in [2.24, 2.45) is 0 Å². The molecule has 1 N–H and O–H groups in total. The van der Waals surface area contributed by atoms with E-state index in [0.717, 1.165) is 74.0 Å². The molecule has 9 nitrogen and oxygen atoms in total. The van der Waals surface area contributed by atoms with E-state index in [-0.39, 0.29) is 0 Å². The molecule has 1 aliphatic heterocycles. The van der Waals surface area contributed by atoms with Gasteiger partial charge in [-0.1, -0.05) is 85.8 Å². The molecule has 0 unspecified atom stereocenters. The molecular formula is C32H36N8O. The van der Waals surface area contributed by atoms with E-state index in [9.17, 15) is 0 Å². The fourth-order valence-electron chi connectivity index (χ4n) is 5.60. The Morgan fingerprint density at radius 2 is 1.66 bits per heavy atom. The summed E-state index contributed by atoms with van der Waals surface area (Å²) < 4.78 is 7.86. The monoisotopic (exact) mass is 548 g/mol. The standard InChI is InChI=1S/C32H36N8O/c1-3-30-33-32-29(22-38(19-20-41-2)23-39(32)18-17-24-9-5-4-6-10-24)40(30)21-25-13-15-26(16-14-25)27-11-7-8-12-28(27)31-34-36-37-35-31/h4-16H,3,17-23H2,1-2H3,(H,34,35,36,37). The zero-order valence-electron chi connectivity index (χ0n) is 23.7. The molecule has 0 saturated carbocycles. The van der Waals surface area contributed by atoms with Gasteiger partial charge in [-0.15, -0.1) is 5.10 Å². The first-order valence-corrected chi connectivity index (χ1v) is 14.2. The van der Waals surface area contributed by atoms with Crippen LogP contribution in [0, 0.1) is 0 Å². The third kappa shape index (κ3) is 5.91. The summed E-state index contributed by atoms with van der Waals surface area (Å²) >= 11 is 0. The fraction of sp³-hybridized carbons (Fsp3) is 0.312. The van der Waals surface area contributed by atoms with E-state index in [2.05, 4.69) is 103 Å². The maximum absolute atomic E-state index is 5.43. The van der Waals surface area contributed by atoms with Gasteiger partial charge in [0.15, 0.2) is 11.6 Å². The van der Waals surface area contributed by atoms with Crippen LogP contribution in [0.25, 0.3) is 22.5 Å². The van der Waals surface area contributed by atoms with E-state index in [1.54, 1.807) is 7.11 Å². The highest BCUT2D eigenvalue weighted by Crippen LogP contribution is 2.32. The number of aromatic amines is 1. The highest BCUT2D eigenvalue weighted by atomic mass is 16.5. The molecule has 3 aromatic carbocycles. The minimum Gasteiger partial charge on any atom is -0.383 e. The summed E-state index contributed by atoms with van der Waals surface area (Å²) in [7, 11) is 1.77. The van der Waals surface area contributed by atoms with Crippen LogP contribution in [0.1, 0.15) is 29.6 Å². The number of methoxy groups -OCH3 is 1. The van der Waals surface area contributed by atoms with Crippen LogP contribution in [0.3, 0.4) is 0 Å². The van der Waals surface area contributed by atoms with Gasteiger partial charge >= 0.3 is 0 Å². The molecule has 0 atom stereocenters. The number of ether oxygens (including phenoxy) is 1. The van der Waals surface area contributed by atoms with E-state index in [4.69, 9.17) is 9.72 Å². The first-order chi connectivity index (χ1) is 20.2. The van der Waals surface area contributed by atoms with Gasteiger partial charge in [-0.3, -0.25) is 4.90 Å². The van der Waals surface area contributed by atoms with Crippen LogP contribution in [0.15, 0.2) is 78.9 Å². The number of fused-ring (bicyclic) bond motifs is 1. The summed E-state index contributed by atoms with van der Waals surface area (Å²) in [6, 6.07) is 27.7. The molecular weight excluding hydrogens is 512 g/mol. The Labute approximate surface area is 240 Å². The van der Waals surface area contributed by atoms with E-state index in [0.29, 0.717) is 12.4 Å². The number of aromatic nitrogens is 6. The van der Waals surface area contributed by atoms with Crippen LogP contribution in [-0.4, -0.2) is 68.6 Å². The van der Waals surface area contributed by atoms with Gasteiger partial charge in [0.1, 0.15) is 5.82 Å². The maximum atomic E-state index is 5.43. The zero-order chi connectivity index (χ0) is 28.0. The van der Waals surface area contributed by atoms with Crippen LogP contribution in [0.5, 0.6) is 0 Å². The predicted octanol–water partition coefficient (Wildman–Crippen LogP) is 4.81. The van der Waals surface area contributed by atoms with Gasteiger partial charge in [-0.25, -0.2) is 10.1 Å². The molecule has 0 spiro atoms. The molecule has 5 aromatic rings. The van der Waals surface area contributed by atoms with Crippen molar-refractivity contribution >= 4 is 5.82 Å².